The molecule has 0 aliphatic carbocycles. The molecule has 0 bridgehead atoms. The standard InChI is InChI=1S/C31H39N3O5S/c1-4-17-39-28-16-9-13-25(19-28)22-32-23-30(35)29(20-24-11-7-6-8-12-24)33-31(36)26-14-10-15-27(21-26)34(3)40(37,38)18-5-2/h4,6-16,19,21,29-30,32,35H,1,5,17-18,20,22-23H2,2-3H3,(H,33,36). The van der Waals surface area contributed by atoms with Gasteiger partial charge in [0, 0.05) is 25.7 Å². The Morgan fingerprint density at radius 2 is 1.77 bits per heavy atom. The van der Waals surface area contributed by atoms with Crippen molar-refractivity contribution in [3.8, 4) is 5.75 Å². The van der Waals surface area contributed by atoms with Crippen molar-refractivity contribution in [3.63, 3.8) is 0 Å². The van der Waals surface area contributed by atoms with E-state index < -0.39 is 28.1 Å². The zero-order chi connectivity index (χ0) is 29.0. The van der Waals surface area contributed by atoms with Crippen LogP contribution in [0, 0.1) is 0 Å². The molecule has 0 saturated carbocycles. The maximum atomic E-state index is 13.3. The summed E-state index contributed by atoms with van der Waals surface area (Å²) < 4.78 is 31.8. The Labute approximate surface area is 237 Å². The summed E-state index contributed by atoms with van der Waals surface area (Å²) in [6.45, 7) is 6.64. The lowest BCUT2D eigenvalue weighted by Gasteiger charge is -2.25. The fraction of sp³-hybridized carbons (Fsp3) is 0.323. The minimum atomic E-state index is -3.48. The molecule has 0 aromatic heterocycles. The number of sulfonamides is 1. The van der Waals surface area contributed by atoms with Crippen molar-refractivity contribution >= 4 is 21.6 Å². The number of aliphatic hydroxyl groups excluding tert-OH is 1. The van der Waals surface area contributed by atoms with Gasteiger partial charge in [-0.3, -0.25) is 9.10 Å². The van der Waals surface area contributed by atoms with E-state index >= 15 is 0 Å². The maximum absolute atomic E-state index is 13.3. The summed E-state index contributed by atoms with van der Waals surface area (Å²) in [5.41, 5.74) is 2.68. The van der Waals surface area contributed by atoms with Crippen molar-refractivity contribution in [2.45, 2.75) is 38.5 Å². The predicted octanol–water partition coefficient (Wildman–Crippen LogP) is 3.92. The van der Waals surface area contributed by atoms with Gasteiger partial charge in [-0.05, 0) is 54.3 Å². The lowest BCUT2D eigenvalue weighted by molar-refractivity contribution is 0.0830. The number of benzene rings is 3. The highest BCUT2D eigenvalue weighted by molar-refractivity contribution is 7.92. The molecular weight excluding hydrogens is 526 g/mol. The number of amides is 1. The largest absolute Gasteiger partial charge is 0.490 e. The number of aliphatic hydroxyl groups is 1. The molecule has 0 spiro atoms. The first-order chi connectivity index (χ1) is 19.2. The van der Waals surface area contributed by atoms with Gasteiger partial charge in [0.15, 0.2) is 0 Å². The SMILES string of the molecule is C=CCOc1cccc(CNCC(O)C(Cc2ccccc2)NC(=O)c2cccc(N(C)S(=O)(=O)CCC)c2)c1. The minimum absolute atomic E-state index is 0.0183. The van der Waals surface area contributed by atoms with Crippen molar-refractivity contribution < 1.29 is 23.1 Å². The topological polar surface area (TPSA) is 108 Å². The second-order valence-electron chi connectivity index (χ2n) is 9.55. The maximum Gasteiger partial charge on any atom is 0.251 e. The van der Waals surface area contributed by atoms with Crippen LogP contribution in [-0.2, 0) is 23.0 Å². The molecule has 0 heterocycles. The number of carbonyl (C=O) groups is 1. The molecule has 8 nitrogen and oxygen atoms in total. The van der Waals surface area contributed by atoms with E-state index in [-0.39, 0.29) is 12.3 Å². The van der Waals surface area contributed by atoms with E-state index in [0.29, 0.717) is 37.2 Å². The zero-order valence-corrected chi connectivity index (χ0v) is 23.9. The number of nitrogens with zero attached hydrogens (tertiary/aromatic N) is 1. The molecule has 2 atom stereocenters. The van der Waals surface area contributed by atoms with Crippen LogP contribution >= 0.6 is 0 Å². The van der Waals surface area contributed by atoms with Gasteiger partial charge >= 0.3 is 0 Å². The fourth-order valence-corrected chi connectivity index (χ4v) is 5.43. The highest BCUT2D eigenvalue weighted by Gasteiger charge is 2.24. The molecule has 214 valence electrons. The summed E-state index contributed by atoms with van der Waals surface area (Å²) in [6.07, 6.45) is 1.71. The Morgan fingerprint density at radius 3 is 2.50 bits per heavy atom. The Morgan fingerprint density at radius 1 is 1.05 bits per heavy atom. The number of ether oxygens (including phenoxy) is 1. The van der Waals surface area contributed by atoms with Crippen LogP contribution in [0.3, 0.4) is 0 Å². The van der Waals surface area contributed by atoms with Crippen molar-refractivity contribution in [3.05, 3.63) is 108 Å². The third-order valence-corrected chi connectivity index (χ3v) is 8.35. The molecule has 3 N–H and O–H groups in total. The van der Waals surface area contributed by atoms with E-state index in [0.717, 1.165) is 16.9 Å². The van der Waals surface area contributed by atoms with Crippen LogP contribution in [0.25, 0.3) is 0 Å². The first-order valence-electron chi connectivity index (χ1n) is 13.4. The molecule has 2 unspecified atom stereocenters. The number of nitrogens with one attached hydrogen (secondary N) is 2. The quantitative estimate of drug-likeness (QED) is 0.227. The van der Waals surface area contributed by atoms with Gasteiger partial charge in [0.05, 0.1) is 23.6 Å². The lowest BCUT2D eigenvalue weighted by Crippen LogP contribution is -2.48. The smallest absolute Gasteiger partial charge is 0.251 e. The first kappa shape index (κ1) is 30.9. The van der Waals surface area contributed by atoms with Crippen LogP contribution in [0.1, 0.15) is 34.8 Å². The van der Waals surface area contributed by atoms with Crippen molar-refractivity contribution in [2.75, 3.05) is 30.3 Å². The average Bonchev–Trinajstić information content (AvgIpc) is 2.96. The van der Waals surface area contributed by atoms with Crippen LogP contribution < -0.4 is 19.7 Å². The highest BCUT2D eigenvalue weighted by atomic mass is 32.2. The second-order valence-corrected chi connectivity index (χ2v) is 11.7. The molecule has 3 aromatic rings. The number of anilines is 1. The molecule has 3 aromatic carbocycles. The summed E-state index contributed by atoms with van der Waals surface area (Å²) >= 11 is 0. The van der Waals surface area contributed by atoms with Crippen LogP contribution in [0.2, 0.25) is 0 Å². The third kappa shape index (κ3) is 9.22. The van der Waals surface area contributed by atoms with Crippen LogP contribution in [0.15, 0.2) is 91.5 Å². The molecule has 1 amide bonds. The molecule has 3 rings (SSSR count). The van der Waals surface area contributed by atoms with Gasteiger partial charge in [-0.15, -0.1) is 0 Å². The van der Waals surface area contributed by atoms with E-state index in [9.17, 15) is 18.3 Å². The molecule has 9 heteroatoms. The van der Waals surface area contributed by atoms with Gasteiger partial charge < -0.3 is 20.5 Å². The Kier molecular flexibility index (Phi) is 11.7. The van der Waals surface area contributed by atoms with Crippen LogP contribution in [0.4, 0.5) is 5.69 Å². The molecule has 0 fully saturated rings. The number of hydrogen-bond acceptors (Lipinski definition) is 6. The summed E-state index contributed by atoms with van der Waals surface area (Å²) in [7, 11) is -2.00. The Balaban J connectivity index is 1.70. The van der Waals surface area contributed by atoms with Crippen molar-refractivity contribution in [1.82, 2.24) is 10.6 Å². The number of hydrogen-bond donors (Lipinski definition) is 3. The average molecular weight is 566 g/mol. The van der Waals surface area contributed by atoms with E-state index in [1.54, 1.807) is 37.3 Å². The fourth-order valence-electron chi connectivity index (χ4n) is 4.21. The van der Waals surface area contributed by atoms with E-state index in [4.69, 9.17) is 4.74 Å². The van der Waals surface area contributed by atoms with E-state index in [1.165, 1.54) is 11.4 Å². The monoisotopic (exact) mass is 565 g/mol. The minimum Gasteiger partial charge on any atom is -0.490 e. The van der Waals surface area contributed by atoms with Crippen molar-refractivity contribution in [1.29, 1.82) is 0 Å². The van der Waals surface area contributed by atoms with Gasteiger partial charge in [-0.1, -0.05) is 68.1 Å². The van der Waals surface area contributed by atoms with Crippen LogP contribution in [-0.4, -0.2) is 57.5 Å². The molecule has 0 aliphatic heterocycles. The number of rotatable bonds is 16. The molecule has 0 radical (unpaired) electrons. The highest BCUT2D eigenvalue weighted by Crippen LogP contribution is 2.19. The number of carbonyl (C=O) groups excluding carboxylic acids is 1. The molecule has 0 aliphatic rings. The second kappa shape index (κ2) is 15.2. The molecule has 40 heavy (non-hydrogen) atoms. The summed E-state index contributed by atoms with van der Waals surface area (Å²) in [5.74, 6) is 0.365. The van der Waals surface area contributed by atoms with Gasteiger partial charge in [-0.2, -0.15) is 0 Å². The lowest BCUT2D eigenvalue weighted by atomic mass is 10.00. The first-order valence-corrected chi connectivity index (χ1v) is 15.0. The third-order valence-electron chi connectivity index (χ3n) is 6.38. The summed E-state index contributed by atoms with van der Waals surface area (Å²) in [4.78, 5) is 13.3. The van der Waals surface area contributed by atoms with Gasteiger partial charge in [0.2, 0.25) is 10.0 Å². The normalized spacial score (nSPS) is 12.8. The molecule has 0 saturated heterocycles. The van der Waals surface area contributed by atoms with Crippen molar-refractivity contribution in [2.24, 2.45) is 0 Å². The summed E-state index contributed by atoms with van der Waals surface area (Å²) in [5, 5.41) is 17.4. The summed E-state index contributed by atoms with van der Waals surface area (Å²) in [6, 6.07) is 23.2. The van der Waals surface area contributed by atoms with E-state index in [1.807, 2.05) is 54.6 Å². The van der Waals surface area contributed by atoms with Gasteiger partial charge in [0.1, 0.15) is 12.4 Å². The van der Waals surface area contributed by atoms with Gasteiger partial charge in [-0.25, -0.2) is 8.42 Å². The van der Waals surface area contributed by atoms with Crippen LogP contribution in [0.5, 0.6) is 5.75 Å². The van der Waals surface area contributed by atoms with E-state index in [2.05, 4.69) is 17.2 Å². The van der Waals surface area contributed by atoms with Gasteiger partial charge in [0.25, 0.3) is 5.91 Å². The zero-order valence-electron chi connectivity index (χ0n) is 23.1. The molecular formula is C31H39N3O5S. The predicted molar refractivity (Wildman–Crippen MR) is 160 cm³/mol. The Hall–Kier alpha value is -3.66. The Bertz CT molecular complexity index is 1350.